The Morgan fingerprint density at radius 1 is 1.21 bits per heavy atom. The Hall–Kier alpha value is -1.35. The number of aliphatic hydroxyl groups excluding tert-OH is 1. The minimum Gasteiger partial charge on any atom is -0.393 e. The molecule has 0 aliphatic carbocycles. The van der Waals surface area contributed by atoms with E-state index in [1.165, 1.54) is 19.3 Å². The zero-order valence-electron chi connectivity index (χ0n) is 12.0. The summed E-state index contributed by atoms with van der Waals surface area (Å²) in [5.41, 5.74) is 2.15. The zero-order chi connectivity index (χ0) is 13.7. The number of unbranched alkanes of at least 4 members (excludes halogenated alkanes) is 3. The lowest BCUT2D eigenvalue weighted by Gasteiger charge is -2.10. The van der Waals surface area contributed by atoms with Crippen molar-refractivity contribution in [2.24, 2.45) is 7.05 Å². The second-order valence-corrected chi connectivity index (χ2v) is 5.28. The van der Waals surface area contributed by atoms with E-state index in [9.17, 15) is 5.11 Å². The molecule has 0 saturated carbocycles. The molecule has 0 aliphatic heterocycles. The number of aromatic nitrogens is 2. The van der Waals surface area contributed by atoms with Gasteiger partial charge in [-0.3, -0.25) is 0 Å². The summed E-state index contributed by atoms with van der Waals surface area (Å²) in [5.74, 6) is 0.976. The van der Waals surface area contributed by atoms with Crippen LogP contribution in [-0.2, 0) is 13.5 Å². The first-order chi connectivity index (χ1) is 9.22. The van der Waals surface area contributed by atoms with Crippen LogP contribution in [0.3, 0.4) is 0 Å². The fourth-order valence-electron chi connectivity index (χ4n) is 2.50. The van der Waals surface area contributed by atoms with Gasteiger partial charge in [-0.05, 0) is 18.6 Å². The number of benzene rings is 1. The highest BCUT2D eigenvalue weighted by molar-refractivity contribution is 5.75. The van der Waals surface area contributed by atoms with Crippen LogP contribution in [0.1, 0.15) is 44.9 Å². The van der Waals surface area contributed by atoms with Crippen molar-refractivity contribution in [3.8, 4) is 0 Å². The third kappa shape index (κ3) is 3.57. The molecule has 3 nitrogen and oxygen atoms in total. The third-order valence-corrected chi connectivity index (χ3v) is 3.69. The van der Waals surface area contributed by atoms with Crippen molar-refractivity contribution < 1.29 is 5.11 Å². The number of aryl methyl sites for hydroxylation is 1. The Labute approximate surface area is 115 Å². The van der Waals surface area contributed by atoms with Crippen LogP contribution in [0, 0.1) is 0 Å². The van der Waals surface area contributed by atoms with Crippen molar-refractivity contribution in [2.75, 3.05) is 0 Å². The average Bonchev–Trinajstić information content (AvgIpc) is 2.72. The molecule has 1 heterocycles. The first kappa shape index (κ1) is 14.1. The molecule has 3 heteroatoms. The smallest absolute Gasteiger partial charge is 0.112 e. The number of aliphatic hydroxyl groups is 1. The number of fused-ring (bicyclic) bond motifs is 1. The predicted molar refractivity (Wildman–Crippen MR) is 79.2 cm³/mol. The lowest BCUT2D eigenvalue weighted by atomic mass is 10.1. The van der Waals surface area contributed by atoms with Crippen LogP contribution in [0.4, 0.5) is 0 Å². The summed E-state index contributed by atoms with van der Waals surface area (Å²) in [5, 5.41) is 10.1. The van der Waals surface area contributed by atoms with Crippen LogP contribution in [0.5, 0.6) is 0 Å². The maximum atomic E-state index is 10.1. The molecule has 0 bridgehead atoms. The van der Waals surface area contributed by atoms with Crippen molar-refractivity contribution in [1.29, 1.82) is 0 Å². The summed E-state index contributed by atoms with van der Waals surface area (Å²) >= 11 is 0. The highest BCUT2D eigenvalue weighted by Crippen LogP contribution is 2.16. The van der Waals surface area contributed by atoms with Crippen LogP contribution in [0.2, 0.25) is 0 Å². The van der Waals surface area contributed by atoms with Crippen molar-refractivity contribution in [1.82, 2.24) is 9.55 Å². The molecule has 1 aromatic carbocycles. The second-order valence-electron chi connectivity index (χ2n) is 5.28. The first-order valence-electron chi connectivity index (χ1n) is 7.30. The van der Waals surface area contributed by atoms with Gasteiger partial charge in [-0.1, -0.05) is 44.7 Å². The van der Waals surface area contributed by atoms with Gasteiger partial charge in [0.1, 0.15) is 5.82 Å². The predicted octanol–water partition coefficient (Wildman–Crippen LogP) is 3.45. The van der Waals surface area contributed by atoms with Gasteiger partial charge in [0.15, 0.2) is 0 Å². The van der Waals surface area contributed by atoms with Crippen molar-refractivity contribution in [2.45, 2.75) is 51.6 Å². The summed E-state index contributed by atoms with van der Waals surface area (Å²) in [6, 6.07) is 8.11. The van der Waals surface area contributed by atoms with Crippen molar-refractivity contribution in [3.63, 3.8) is 0 Å². The fourth-order valence-corrected chi connectivity index (χ4v) is 2.50. The first-order valence-corrected chi connectivity index (χ1v) is 7.30. The fraction of sp³-hybridized carbons (Fsp3) is 0.562. The van der Waals surface area contributed by atoms with Crippen LogP contribution in [0.15, 0.2) is 24.3 Å². The van der Waals surface area contributed by atoms with E-state index in [2.05, 4.69) is 22.5 Å². The largest absolute Gasteiger partial charge is 0.393 e. The maximum absolute atomic E-state index is 10.1. The summed E-state index contributed by atoms with van der Waals surface area (Å²) in [7, 11) is 2.02. The number of para-hydroxylation sites is 2. The van der Waals surface area contributed by atoms with Gasteiger partial charge in [0.05, 0.1) is 17.1 Å². The molecule has 0 spiro atoms. The summed E-state index contributed by atoms with van der Waals surface area (Å²) in [6.45, 7) is 2.20. The van der Waals surface area contributed by atoms with E-state index >= 15 is 0 Å². The molecule has 19 heavy (non-hydrogen) atoms. The van der Waals surface area contributed by atoms with Crippen molar-refractivity contribution in [3.05, 3.63) is 30.1 Å². The second kappa shape index (κ2) is 6.71. The van der Waals surface area contributed by atoms with Crippen LogP contribution >= 0.6 is 0 Å². The highest BCUT2D eigenvalue weighted by atomic mass is 16.3. The number of imidazole rings is 1. The van der Waals surface area contributed by atoms with Gasteiger partial charge in [0, 0.05) is 13.5 Å². The van der Waals surface area contributed by atoms with Crippen LogP contribution in [-0.4, -0.2) is 20.8 Å². The van der Waals surface area contributed by atoms with Gasteiger partial charge in [0.2, 0.25) is 0 Å². The molecule has 1 unspecified atom stereocenters. The van der Waals surface area contributed by atoms with Crippen molar-refractivity contribution >= 4 is 11.0 Å². The number of hydrogen-bond donors (Lipinski definition) is 1. The minimum absolute atomic E-state index is 0.271. The molecule has 2 rings (SSSR count). The number of hydrogen-bond acceptors (Lipinski definition) is 2. The van der Waals surface area contributed by atoms with E-state index in [1.54, 1.807) is 0 Å². The quantitative estimate of drug-likeness (QED) is 0.774. The standard InChI is InChI=1S/C16H24N2O/c1-3-4-5-6-9-13(19)12-16-17-14-10-7-8-11-15(14)18(16)2/h7-8,10-11,13,19H,3-6,9,12H2,1-2H3. The maximum Gasteiger partial charge on any atom is 0.112 e. The Morgan fingerprint density at radius 3 is 2.74 bits per heavy atom. The Bertz CT molecular complexity index is 518. The molecule has 1 aromatic heterocycles. The summed E-state index contributed by atoms with van der Waals surface area (Å²) in [4.78, 5) is 4.60. The highest BCUT2D eigenvalue weighted by Gasteiger charge is 2.12. The number of nitrogens with zero attached hydrogens (tertiary/aromatic N) is 2. The normalized spacial score (nSPS) is 13.0. The minimum atomic E-state index is -0.271. The van der Waals surface area contributed by atoms with E-state index in [-0.39, 0.29) is 6.10 Å². The topological polar surface area (TPSA) is 38.1 Å². The van der Waals surface area contributed by atoms with Gasteiger partial charge in [-0.15, -0.1) is 0 Å². The van der Waals surface area contributed by atoms with E-state index in [0.29, 0.717) is 6.42 Å². The van der Waals surface area contributed by atoms with Crippen LogP contribution in [0.25, 0.3) is 11.0 Å². The van der Waals surface area contributed by atoms with Gasteiger partial charge in [0.25, 0.3) is 0 Å². The molecular weight excluding hydrogens is 236 g/mol. The molecule has 1 N–H and O–H groups in total. The van der Waals surface area contributed by atoms with E-state index in [0.717, 1.165) is 29.7 Å². The lowest BCUT2D eigenvalue weighted by molar-refractivity contribution is 0.158. The zero-order valence-corrected chi connectivity index (χ0v) is 12.0. The Kier molecular flexibility index (Phi) is 4.97. The summed E-state index contributed by atoms with van der Waals surface area (Å²) in [6.07, 6.45) is 6.09. The lowest BCUT2D eigenvalue weighted by Crippen LogP contribution is -2.13. The summed E-state index contributed by atoms with van der Waals surface area (Å²) < 4.78 is 2.09. The number of rotatable bonds is 7. The van der Waals surface area contributed by atoms with Gasteiger partial charge in [-0.25, -0.2) is 4.98 Å². The molecule has 0 radical (unpaired) electrons. The molecule has 0 amide bonds. The molecule has 0 saturated heterocycles. The monoisotopic (exact) mass is 260 g/mol. The van der Waals surface area contributed by atoms with E-state index in [4.69, 9.17) is 0 Å². The van der Waals surface area contributed by atoms with Gasteiger partial charge in [-0.2, -0.15) is 0 Å². The molecule has 1 atom stereocenters. The van der Waals surface area contributed by atoms with Gasteiger partial charge >= 0.3 is 0 Å². The SMILES string of the molecule is CCCCCCC(O)Cc1nc2ccccc2n1C. The van der Waals surface area contributed by atoms with Gasteiger partial charge < -0.3 is 9.67 Å². The average molecular weight is 260 g/mol. The third-order valence-electron chi connectivity index (χ3n) is 3.69. The van der Waals surface area contributed by atoms with E-state index in [1.807, 2.05) is 25.2 Å². The molecule has 0 aliphatic rings. The Balaban J connectivity index is 1.95. The van der Waals surface area contributed by atoms with E-state index < -0.39 is 0 Å². The molecular formula is C16H24N2O. The Morgan fingerprint density at radius 2 is 2.00 bits per heavy atom. The van der Waals surface area contributed by atoms with Crippen LogP contribution < -0.4 is 0 Å². The molecule has 2 aromatic rings. The molecule has 104 valence electrons. The molecule has 0 fully saturated rings.